The average molecular weight is 377 g/mol. The highest BCUT2D eigenvalue weighted by molar-refractivity contribution is 6.31. The van der Waals surface area contributed by atoms with E-state index < -0.39 is 10.8 Å². The third-order valence-corrected chi connectivity index (χ3v) is 4.22. The fraction of sp³-hybridized carbons (Fsp3) is 0.278. The van der Waals surface area contributed by atoms with Crippen molar-refractivity contribution in [1.82, 2.24) is 0 Å². The number of carbonyl (C=O) groups excluding carboxylic acids is 1. The Morgan fingerprint density at radius 1 is 1.35 bits per heavy atom. The fourth-order valence-corrected chi connectivity index (χ4v) is 2.87. The summed E-state index contributed by atoms with van der Waals surface area (Å²) in [4.78, 5) is 23.0. The van der Waals surface area contributed by atoms with Crippen molar-refractivity contribution in [3.63, 3.8) is 0 Å². The maximum atomic E-state index is 12.5. The van der Waals surface area contributed by atoms with Crippen molar-refractivity contribution in [1.29, 1.82) is 0 Å². The summed E-state index contributed by atoms with van der Waals surface area (Å²) in [5.41, 5.74) is 0.0371. The van der Waals surface area contributed by atoms with E-state index in [0.717, 1.165) is 19.4 Å². The molecule has 1 atom stereocenters. The van der Waals surface area contributed by atoms with E-state index in [2.05, 4.69) is 5.32 Å². The minimum absolute atomic E-state index is 0.0180. The highest BCUT2D eigenvalue weighted by atomic mass is 35.5. The molecule has 0 aliphatic carbocycles. The van der Waals surface area contributed by atoms with Crippen LogP contribution in [0.3, 0.4) is 0 Å². The number of para-hydroxylation sites is 1. The van der Waals surface area contributed by atoms with Gasteiger partial charge in [-0.15, -0.1) is 0 Å². The summed E-state index contributed by atoms with van der Waals surface area (Å²) in [5.74, 6) is -0.182. The molecule has 136 valence electrons. The van der Waals surface area contributed by atoms with Crippen molar-refractivity contribution in [2.75, 3.05) is 18.5 Å². The average Bonchev–Trinajstić information content (AvgIpc) is 3.14. The Hall–Kier alpha value is -2.64. The van der Waals surface area contributed by atoms with Gasteiger partial charge in [-0.1, -0.05) is 23.7 Å². The molecule has 1 unspecified atom stereocenters. The van der Waals surface area contributed by atoms with Crippen LogP contribution in [0.1, 0.15) is 23.2 Å². The molecule has 1 heterocycles. The van der Waals surface area contributed by atoms with E-state index in [9.17, 15) is 14.9 Å². The van der Waals surface area contributed by atoms with Crippen LogP contribution in [0.15, 0.2) is 42.5 Å². The lowest BCUT2D eigenvalue weighted by Gasteiger charge is -2.15. The summed E-state index contributed by atoms with van der Waals surface area (Å²) in [6.45, 7) is 1.08. The molecule has 2 aromatic rings. The van der Waals surface area contributed by atoms with Crippen molar-refractivity contribution in [3.05, 3.63) is 63.2 Å². The number of amides is 1. The van der Waals surface area contributed by atoms with Crippen molar-refractivity contribution in [3.8, 4) is 5.75 Å². The Morgan fingerprint density at radius 2 is 2.15 bits per heavy atom. The summed E-state index contributed by atoms with van der Waals surface area (Å²) in [6.07, 6.45) is 1.94. The van der Waals surface area contributed by atoms with Gasteiger partial charge in [0.15, 0.2) is 0 Å². The van der Waals surface area contributed by atoms with Crippen LogP contribution in [0.5, 0.6) is 5.75 Å². The predicted octanol–water partition coefficient (Wildman–Crippen LogP) is 4.06. The lowest BCUT2D eigenvalue weighted by Crippen LogP contribution is -2.18. The first-order valence-corrected chi connectivity index (χ1v) is 8.51. The third-order valence-electron chi connectivity index (χ3n) is 3.98. The van der Waals surface area contributed by atoms with Crippen LogP contribution in [0.25, 0.3) is 0 Å². The van der Waals surface area contributed by atoms with E-state index in [-0.39, 0.29) is 17.4 Å². The molecule has 2 aromatic carbocycles. The number of hydrogen-bond acceptors (Lipinski definition) is 5. The summed E-state index contributed by atoms with van der Waals surface area (Å²) in [5, 5.41) is 14.2. The van der Waals surface area contributed by atoms with Gasteiger partial charge in [-0.05, 0) is 37.1 Å². The third kappa shape index (κ3) is 4.30. The number of anilines is 1. The largest absolute Gasteiger partial charge is 0.489 e. The second kappa shape index (κ2) is 8.16. The van der Waals surface area contributed by atoms with Gasteiger partial charge < -0.3 is 14.8 Å². The molecule has 1 fully saturated rings. The molecule has 3 rings (SSSR count). The van der Waals surface area contributed by atoms with Gasteiger partial charge in [0.1, 0.15) is 17.9 Å². The number of carbonyl (C=O) groups is 1. The molecule has 0 spiro atoms. The van der Waals surface area contributed by atoms with Crippen molar-refractivity contribution in [2.24, 2.45) is 0 Å². The molecule has 0 saturated carbocycles. The summed E-state index contributed by atoms with van der Waals surface area (Å²) in [7, 11) is 0. The molecule has 7 nitrogen and oxygen atoms in total. The number of nitrogens with zero attached hydrogens (tertiary/aromatic N) is 1. The Morgan fingerprint density at radius 3 is 2.88 bits per heavy atom. The lowest BCUT2D eigenvalue weighted by atomic mass is 10.1. The second-order valence-electron chi connectivity index (χ2n) is 5.81. The Labute approximate surface area is 155 Å². The first-order valence-electron chi connectivity index (χ1n) is 8.13. The maximum absolute atomic E-state index is 12.5. The van der Waals surface area contributed by atoms with E-state index in [4.69, 9.17) is 21.1 Å². The quantitative estimate of drug-likeness (QED) is 0.606. The van der Waals surface area contributed by atoms with E-state index in [1.54, 1.807) is 24.3 Å². The number of benzene rings is 2. The highest BCUT2D eigenvalue weighted by Gasteiger charge is 2.21. The molecule has 1 aliphatic heterocycles. The monoisotopic (exact) mass is 376 g/mol. The number of nitrogens with one attached hydrogen (secondary N) is 1. The Kier molecular flexibility index (Phi) is 5.70. The summed E-state index contributed by atoms with van der Waals surface area (Å²) < 4.78 is 11.3. The van der Waals surface area contributed by atoms with Gasteiger partial charge in [0, 0.05) is 17.7 Å². The molecule has 1 N–H and O–H groups in total. The van der Waals surface area contributed by atoms with E-state index in [0.29, 0.717) is 23.1 Å². The van der Waals surface area contributed by atoms with E-state index in [1.165, 1.54) is 18.2 Å². The normalized spacial score (nSPS) is 16.3. The predicted molar refractivity (Wildman–Crippen MR) is 97.0 cm³/mol. The lowest BCUT2D eigenvalue weighted by molar-refractivity contribution is -0.385. The smallest absolute Gasteiger partial charge is 0.282 e. The van der Waals surface area contributed by atoms with Crippen LogP contribution in [-0.4, -0.2) is 30.1 Å². The standard InChI is InChI=1S/C18H17ClN2O5/c19-12-7-8-17(26-11-13-4-3-9-25-13)15(10-12)20-18(22)14-5-1-2-6-16(14)21(23)24/h1-2,5-8,10,13H,3-4,9,11H2,(H,20,22). The van der Waals surface area contributed by atoms with Crippen LogP contribution in [0, 0.1) is 10.1 Å². The van der Waals surface area contributed by atoms with Gasteiger partial charge in [-0.2, -0.15) is 0 Å². The van der Waals surface area contributed by atoms with Crippen LogP contribution >= 0.6 is 11.6 Å². The minimum atomic E-state index is -0.610. The molecule has 0 bridgehead atoms. The fourth-order valence-electron chi connectivity index (χ4n) is 2.70. The number of rotatable bonds is 6. The number of ether oxygens (including phenoxy) is 2. The van der Waals surface area contributed by atoms with Crippen LogP contribution in [0.2, 0.25) is 5.02 Å². The zero-order chi connectivity index (χ0) is 18.5. The van der Waals surface area contributed by atoms with Crippen molar-refractivity contribution < 1.29 is 19.2 Å². The molecule has 1 saturated heterocycles. The molecular formula is C18H17ClN2O5. The van der Waals surface area contributed by atoms with E-state index in [1.807, 2.05) is 0 Å². The van der Waals surface area contributed by atoms with Crippen LogP contribution in [-0.2, 0) is 4.74 Å². The first kappa shape index (κ1) is 18.2. The van der Waals surface area contributed by atoms with Gasteiger partial charge in [0.2, 0.25) is 0 Å². The Bertz CT molecular complexity index is 821. The number of nitro benzene ring substituents is 1. The van der Waals surface area contributed by atoms with Crippen LogP contribution < -0.4 is 10.1 Å². The zero-order valence-electron chi connectivity index (χ0n) is 13.8. The topological polar surface area (TPSA) is 90.7 Å². The molecular weight excluding hydrogens is 360 g/mol. The summed E-state index contributed by atoms with van der Waals surface area (Å²) in [6, 6.07) is 10.6. The molecule has 1 amide bonds. The number of halogens is 1. The highest BCUT2D eigenvalue weighted by Crippen LogP contribution is 2.30. The van der Waals surface area contributed by atoms with Gasteiger partial charge in [0.25, 0.3) is 11.6 Å². The number of hydrogen-bond donors (Lipinski definition) is 1. The van der Waals surface area contributed by atoms with Crippen LogP contribution in [0.4, 0.5) is 11.4 Å². The molecule has 0 aromatic heterocycles. The molecule has 0 radical (unpaired) electrons. The SMILES string of the molecule is O=C(Nc1cc(Cl)ccc1OCC1CCCO1)c1ccccc1[N+](=O)[O-]. The Balaban J connectivity index is 1.79. The molecule has 1 aliphatic rings. The van der Waals surface area contributed by atoms with E-state index >= 15 is 0 Å². The van der Waals surface area contributed by atoms with Gasteiger partial charge in [-0.25, -0.2) is 0 Å². The summed E-state index contributed by atoms with van der Waals surface area (Å²) >= 11 is 6.02. The second-order valence-corrected chi connectivity index (χ2v) is 6.25. The van der Waals surface area contributed by atoms with Gasteiger partial charge in [-0.3, -0.25) is 14.9 Å². The maximum Gasteiger partial charge on any atom is 0.282 e. The number of nitro groups is 1. The minimum Gasteiger partial charge on any atom is -0.489 e. The van der Waals surface area contributed by atoms with Gasteiger partial charge in [0.05, 0.1) is 16.7 Å². The van der Waals surface area contributed by atoms with Crippen molar-refractivity contribution in [2.45, 2.75) is 18.9 Å². The van der Waals surface area contributed by atoms with Crippen molar-refractivity contribution >= 4 is 28.9 Å². The first-order chi connectivity index (χ1) is 12.5. The molecule has 26 heavy (non-hydrogen) atoms. The zero-order valence-corrected chi connectivity index (χ0v) is 14.6. The molecule has 8 heteroatoms. The van der Waals surface area contributed by atoms with Gasteiger partial charge >= 0.3 is 0 Å².